The molecule has 5 nitrogen and oxygen atoms in total. The van der Waals surface area contributed by atoms with Crippen molar-refractivity contribution in [1.82, 2.24) is 14.3 Å². The van der Waals surface area contributed by atoms with Crippen LogP contribution in [0.1, 0.15) is 39.2 Å². The van der Waals surface area contributed by atoms with Gasteiger partial charge in [0.2, 0.25) is 10.0 Å². The van der Waals surface area contributed by atoms with Crippen LogP contribution in [0.2, 0.25) is 5.02 Å². The summed E-state index contributed by atoms with van der Waals surface area (Å²) < 4.78 is 44.2. The van der Waals surface area contributed by atoms with Gasteiger partial charge in [-0.1, -0.05) is 32.4 Å². The fraction of sp³-hybridized carbons (Fsp3) is 0.435. The van der Waals surface area contributed by atoms with E-state index in [1.54, 1.807) is 12.3 Å². The molecule has 166 valence electrons. The molecule has 0 aliphatic heterocycles. The molecule has 0 bridgehead atoms. The highest BCUT2D eigenvalue weighted by Crippen LogP contribution is 2.35. The van der Waals surface area contributed by atoms with Gasteiger partial charge < -0.3 is 4.57 Å². The number of sulfonamides is 1. The molecule has 1 aliphatic rings. The summed E-state index contributed by atoms with van der Waals surface area (Å²) in [5.41, 5.74) is 2.86. The summed E-state index contributed by atoms with van der Waals surface area (Å²) in [6, 6.07) is 5.07. The Morgan fingerprint density at radius 1 is 1.26 bits per heavy atom. The maximum atomic E-state index is 15.1. The monoisotopic (exact) mass is 463 g/mol. The number of fused-ring (bicyclic) bond motifs is 1. The van der Waals surface area contributed by atoms with Crippen LogP contribution in [0, 0.1) is 11.2 Å². The Bertz CT molecular complexity index is 1230. The van der Waals surface area contributed by atoms with Gasteiger partial charge in [0, 0.05) is 53.7 Å². The van der Waals surface area contributed by atoms with Crippen molar-refractivity contribution in [3.8, 4) is 11.1 Å². The highest BCUT2D eigenvalue weighted by atomic mass is 35.5. The molecule has 8 heteroatoms. The Kier molecular flexibility index (Phi) is 5.87. The van der Waals surface area contributed by atoms with Gasteiger partial charge in [-0.2, -0.15) is 0 Å². The third kappa shape index (κ3) is 4.94. The first-order chi connectivity index (χ1) is 14.5. The Hall–Kier alpha value is -1.96. The third-order valence-corrected chi connectivity index (χ3v) is 7.68. The van der Waals surface area contributed by atoms with Gasteiger partial charge in [-0.05, 0) is 48.4 Å². The van der Waals surface area contributed by atoms with Crippen LogP contribution < -0.4 is 4.72 Å². The summed E-state index contributed by atoms with van der Waals surface area (Å²) in [4.78, 5) is 3.99. The van der Waals surface area contributed by atoms with Crippen molar-refractivity contribution in [3.05, 3.63) is 53.2 Å². The van der Waals surface area contributed by atoms with E-state index < -0.39 is 10.0 Å². The van der Waals surface area contributed by atoms with Crippen molar-refractivity contribution in [3.63, 3.8) is 0 Å². The zero-order chi connectivity index (χ0) is 22.4. The molecule has 4 rings (SSSR count). The number of hydrogen-bond acceptors (Lipinski definition) is 3. The van der Waals surface area contributed by atoms with Gasteiger partial charge in [0.25, 0.3) is 0 Å². The average molecular weight is 464 g/mol. The lowest BCUT2D eigenvalue weighted by molar-refractivity contribution is 0.349. The standard InChI is InChI=1S/C23H27ClFN3O2S/c1-23(2,3)14-28-13-15(6-9-27-31(29,30)16-4-5-16)18-10-21(25)19(11-22(18)28)17-7-8-26-12-20(17)24/h7-8,10-13,16,27H,4-6,9,14H2,1-3H3. The van der Waals surface area contributed by atoms with E-state index in [-0.39, 0.29) is 16.5 Å². The maximum Gasteiger partial charge on any atom is 0.214 e. The molecule has 2 aromatic heterocycles. The van der Waals surface area contributed by atoms with Gasteiger partial charge in [0.1, 0.15) is 5.82 Å². The minimum Gasteiger partial charge on any atom is -0.347 e. The van der Waals surface area contributed by atoms with Crippen molar-refractivity contribution in [2.75, 3.05) is 6.54 Å². The first-order valence-corrected chi connectivity index (χ1v) is 12.4. The van der Waals surface area contributed by atoms with Gasteiger partial charge in [-0.3, -0.25) is 4.98 Å². The predicted octanol–water partition coefficient (Wildman–Crippen LogP) is 5.17. The number of rotatable bonds is 7. The van der Waals surface area contributed by atoms with Crippen molar-refractivity contribution in [2.24, 2.45) is 5.41 Å². The summed E-state index contributed by atoms with van der Waals surface area (Å²) in [5.74, 6) is -0.367. The van der Waals surface area contributed by atoms with E-state index in [1.165, 1.54) is 12.3 Å². The van der Waals surface area contributed by atoms with Crippen molar-refractivity contribution in [2.45, 2.75) is 51.8 Å². The van der Waals surface area contributed by atoms with Crippen LogP contribution in [-0.2, 0) is 23.0 Å². The second-order valence-corrected chi connectivity index (χ2v) is 11.9. The normalized spacial score (nSPS) is 15.0. The highest BCUT2D eigenvalue weighted by Gasteiger charge is 2.35. The molecule has 0 atom stereocenters. The molecule has 3 aromatic rings. The van der Waals surface area contributed by atoms with E-state index in [0.717, 1.165) is 35.9 Å². The Morgan fingerprint density at radius 2 is 2.00 bits per heavy atom. The first kappa shape index (κ1) is 22.2. The first-order valence-electron chi connectivity index (χ1n) is 10.4. The Morgan fingerprint density at radius 3 is 2.65 bits per heavy atom. The summed E-state index contributed by atoms with van der Waals surface area (Å²) in [6.07, 6.45) is 7.06. The van der Waals surface area contributed by atoms with Gasteiger partial charge in [0.15, 0.2) is 0 Å². The lowest BCUT2D eigenvalue weighted by atomic mass is 9.96. The lowest BCUT2D eigenvalue weighted by Crippen LogP contribution is -2.29. The summed E-state index contributed by atoms with van der Waals surface area (Å²) in [7, 11) is -3.24. The smallest absolute Gasteiger partial charge is 0.214 e. The van der Waals surface area contributed by atoms with Gasteiger partial charge in [0.05, 0.1) is 10.3 Å². The molecule has 2 heterocycles. The molecule has 1 fully saturated rings. The molecule has 0 saturated heterocycles. The maximum absolute atomic E-state index is 15.1. The van der Waals surface area contributed by atoms with Gasteiger partial charge in [-0.15, -0.1) is 0 Å². The Balaban J connectivity index is 1.73. The van der Waals surface area contributed by atoms with Gasteiger partial charge >= 0.3 is 0 Å². The van der Waals surface area contributed by atoms with Crippen molar-refractivity contribution in [1.29, 1.82) is 0 Å². The molecular weight excluding hydrogens is 437 g/mol. The zero-order valence-electron chi connectivity index (χ0n) is 18.0. The minimum atomic E-state index is -3.24. The van der Waals surface area contributed by atoms with E-state index in [2.05, 4.69) is 35.0 Å². The topological polar surface area (TPSA) is 64.0 Å². The van der Waals surface area contributed by atoms with Crippen LogP contribution in [0.15, 0.2) is 36.8 Å². The summed E-state index contributed by atoms with van der Waals surface area (Å²) in [6.45, 7) is 7.48. The molecule has 0 unspecified atom stereocenters. The average Bonchev–Trinajstić information content (AvgIpc) is 3.48. The van der Waals surface area contributed by atoms with Crippen LogP contribution in [-0.4, -0.2) is 29.8 Å². The number of halogens is 2. The molecule has 1 N–H and O–H groups in total. The lowest BCUT2D eigenvalue weighted by Gasteiger charge is -2.20. The molecular formula is C23H27ClFN3O2S. The molecule has 0 radical (unpaired) electrons. The van der Waals surface area contributed by atoms with E-state index >= 15 is 4.39 Å². The third-order valence-electron chi connectivity index (χ3n) is 5.42. The Labute approximate surface area is 187 Å². The number of aromatic nitrogens is 2. The van der Waals surface area contributed by atoms with Crippen LogP contribution in [0.5, 0.6) is 0 Å². The zero-order valence-corrected chi connectivity index (χ0v) is 19.5. The summed E-state index contributed by atoms with van der Waals surface area (Å²) >= 11 is 6.27. The van der Waals surface area contributed by atoms with Crippen LogP contribution in [0.25, 0.3) is 22.0 Å². The van der Waals surface area contributed by atoms with E-state index in [9.17, 15) is 8.42 Å². The molecule has 31 heavy (non-hydrogen) atoms. The minimum absolute atomic E-state index is 0.0135. The molecule has 1 saturated carbocycles. The highest BCUT2D eigenvalue weighted by molar-refractivity contribution is 7.90. The number of nitrogens with one attached hydrogen (secondary N) is 1. The molecule has 0 amide bonds. The molecule has 1 aliphatic carbocycles. The largest absolute Gasteiger partial charge is 0.347 e. The van der Waals surface area contributed by atoms with E-state index in [4.69, 9.17) is 11.6 Å². The molecule has 1 aromatic carbocycles. The summed E-state index contributed by atoms with van der Waals surface area (Å²) in [5, 5.41) is 0.936. The van der Waals surface area contributed by atoms with Gasteiger partial charge in [-0.25, -0.2) is 17.5 Å². The number of nitrogens with zero attached hydrogens (tertiary/aromatic N) is 2. The quantitative estimate of drug-likeness (QED) is 0.526. The molecule has 0 spiro atoms. The van der Waals surface area contributed by atoms with E-state index in [1.807, 2.05) is 12.3 Å². The van der Waals surface area contributed by atoms with Crippen LogP contribution in [0.3, 0.4) is 0 Å². The second kappa shape index (κ2) is 8.19. The van der Waals surface area contributed by atoms with E-state index in [0.29, 0.717) is 29.1 Å². The van der Waals surface area contributed by atoms with Crippen molar-refractivity contribution >= 4 is 32.5 Å². The number of benzene rings is 1. The van der Waals surface area contributed by atoms with Crippen LogP contribution >= 0.6 is 11.6 Å². The number of pyridine rings is 1. The van der Waals surface area contributed by atoms with Crippen molar-refractivity contribution < 1.29 is 12.8 Å². The fourth-order valence-corrected chi connectivity index (χ4v) is 5.45. The second-order valence-electron chi connectivity index (χ2n) is 9.44. The van der Waals surface area contributed by atoms with Crippen LogP contribution in [0.4, 0.5) is 4.39 Å². The number of hydrogen-bond donors (Lipinski definition) is 1. The fourth-order valence-electron chi connectivity index (χ4n) is 3.85. The predicted molar refractivity (Wildman–Crippen MR) is 123 cm³/mol. The SMILES string of the molecule is CC(C)(C)Cn1cc(CCNS(=O)(=O)C2CC2)c2cc(F)c(-c3ccncc3Cl)cc21.